The highest BCUT2D eigenvalue weighted by molar-refractivity contribution is 5.68. The van der Waals surface area contributed by atoms with Crippen LogP contribution in [0.3, 0.4) is 0 Å². The maximum Gasteiger partial charge on any atom is 0.407 e. The third kappa shape index (κ3) is 4.54. The molecule has 2 aliphatic rings. The number of hydrogen-bond acceptors (Lipinski definition) is 3. The van der Waals surface area contributed by atoms with Gasteiger partial charge in [-0.1, -0.05) is 12.2 Å². The van der Waals surface area contributed by atoms with E-state index >= 15 is 0 Å². The van der Waals surface area contributed by atoms with Crippen LogP contribution in [0.25, 0.3) is 0 Å². The van der Waals surface area contributed by atoms with Gasteiger partial charge in [0.2, 0.25) is 0 Å². The van der Waals surface area contributed by atoms with E-state index < -0.39 is 12.1 Å². The van der Waals surface area contributed by atoms with Gasteiger partial charge in [0.1, 0.15) is 0 Å². The Kier molecular flexibility index (Phi) is 5.44. The second-order valence-corrected chi connectivity index (χ2v) is 5.64. The number of rotatable bonds is 6. The van der Waals surface area contributed by atoms with Crippen LogP contribution in [0.15, 0.2) is 12.2 Å². The summed E-state index contributed by atoms with van der Waals surface area (Å²) in [4.78, 5) is 21.8. The molecule has 0 bridgehead atoms. The fraction of sp³-hybridized carbons (Fsp3) is 0.733. The van der Waals surface area contributed by atoms with Gasteiger partial charge in [-0.2, -0.15) is 0 Å². The maximum atomic E-state index is 11.5. The first-order chi connectivity index (χ1) is 9.68. The number of amides is 1. The van der Waals surface area contributed by atoms with E-state index in [1.165, 1.54) is 12.8 Å². The summed E-state index contributed by atoms with van der Waals surface area (Å²) in [6.07, 6.45) is 9.27. The second-order valence-electron chi connectivity index (χ2n) is 5.64. The number of carbonyl (C=O) groups excluding carboxylic acids is 1. The van der Waals surface area contributed by atoms with E-state index in [2.05, 4.69) is 17.5 Å². The Balaban J connectivity index is 1.57. The molecule has 0 heterocycles. The van der Waals surface area contributed by atoms with Gasteiger partial charge < -0.3 is 15.2 Å². The van der Waals surface area contributed by atoms with E-state index in [9.17, 15) is 9.59 Å². The molecule has 1 saturated carbocycles. The Morgan fingerprint density at radius 2 is 1.85 bits per heavy atom. The molecule has 0 spiro atoms. The second kappa shape index (κ2) is 7.31. The third-order valence-corrected chi connectivity index (χ3v) is 4.25. The van der Waals surface area contributed by atoms with Crippen molar-refractivity contribution in [3.05, 3.63) is 12.2 Å². The fourth-order valence-electron chi connectivity index (χ4n) is 3.09. The summed E-state index contributed by atoms with van der Waals surface area (Å²) in [5, 5.41) is 11.1. The molecular formula is C15H23NO4. The molecule has 0 aliphatic heterocycles. The normalized spacial score (nSPS) is 29.5. The number of nitrogens with one attached hydrogen (secondary N) is 1. The smallest absolute Gasteiger partial charge is 0.407 e. The molecule has 0 radical (unpaired) electrons. The number of allylic oxidation sites excluding steroid dienone is 2. The molecule has 0 saturated heterocycles. The molecule has 0 aromatic heterocycles. The Hall–Kier alpha value is -1.52. The monoisotopic (exact) mass is 281 g/mol. The number of carbonyl (C=O) groups is 2. The first-order valence-corrected chi connectivity index (χ1v) is 7.46. The van der Waals surface area contributed by atoms with Crippen LogP contribution in [0.2, 0.25) is 0 Å². The molecular weight excluding hydrogens is 258 g/mol. The van der Waals surface area contributed by atoms with Crippen molar-refractivity contribution in [1.29, 1.82) is 0 Å². The highest BCUT2D eigenvalue weighted by Gasteiger charge is 2.49. The lowest BCUT2D eigenvalue weighted by Crippen LogP contribution is -2.26. The van der Waals surface area contributed by atoms with Gasteiger partial charge in [0.05, 0.1) is 6.61 Å². The van der Waals surface area contributed by atoms with Crippen LogP contribution >= 0.6 is 0 Å². The Labute approximate surface area is 119 Å². The van der Waals surface area contributed by atoms with Crippen molar-refractivity contribution in [2.75, 3.05) is 13.2 Å². The lowest BCUT2D eigenvalue weighted by molar-refractivity contribution is -0.137. The van der Waals surface area contributed by atoms with E-state index in [1.807, 2.05) is 0 Å². The van der Waals surface area contributed by atoms with Crippen molar-refractivity contribution in [3.8, 4) is 0 Å². The van der Waals surface area contributed by atoms with Crippen molar-refractivity contribution in [1.82, 2.24) is 5.32 Å². The van der Waals surface area contributed by atoms with Crippen LogP contribution < -0.4 is 5.32 Å². The predicted octanol–water partition coefficient (Wildman–Crippen LogP) is 2.57. The van der Waals surface area contributed by atoms with Gasteiger partial charge in [0, 0.05) is 13.0 Å². The zero-order valence-electron chi connectivity index (χ0n) is 11.7. The van der Waals surface area contributed by atoms with E-state index in [1.54, 1.807) is 0 Å². The van der Waals surface area contributed by atoms with Crippen molar-refractivity contribution >= 4 is 12.1 Å². The summed E-state index contributed by atoms with van der Waals surface area (Å²) in [5.74, 6) is 1.13. The van der Waals surface area contributed by atoms with E-state index in [-0.39, 0.29) is 6.42 Å². The number of carboxylic acid groups (broad SMARTS) is 1. The fourth-order valence-corrected chi connectivity index (χ4v) is 3.09. The van der Waals surface area contributed by atoms with Gasteiger partial charge in [-0.25, -0.2) is 4.79 Å². The van der Waals surface area contributed by atoms with Crippen LogP contribution in [-0.2, 0) is 9.53 Å². The Bertz CT molecular complexity index is 364. The topological polar surface area (TPSA) is 75.6 Å². The van der Waals surface area contributed by atoms with Crippen LogP contribution in [0.5, 0.6) is 0 Å². The molecule has 5 heteroatoms. The molecule has 5 nitrogen and oxygen atoms in total. The van der Waals surface area contributed by atoms with Crippen molar-refractivity contribution in [2.24, 2.45) is 17.8 Å². The summed E-state index contributed by atoms with van der Waals surface area (Å²) in [7, 11) is 0. The van der Waals surface area contributed by atoms with Crippen LogP contribution in [0.1, 0.15) is 38.5 Å². The Morgan fingerprint density at radius 3 is 2.45 bits per heavy atom. The number of aliphatic carboxylic acids is 1. The van der Waals surface area contributed by atoms with Gasteiger partial charge in [-0.05, 0) is 49.9 Å². The maximum absolute atomic E-state index is 11.5. The van der Waals surface area contributed by atoms with Crippen molar-refractivity contribution < 1.29 is 19.4 Å². The zero-order chi connectivity index (χ0) is 14.4. The van der Waals surface area contributed by atoms with E-state index in [0.717, 1.165) is 24.7 Å². The minimum absolute atomic E-state index is 0.0695. The first kappa shape index (κ1) is 14.9. The molecule has 3 atom stereocenters. The van der Waals surface area contributed by atoms with Gasteiger partial charge in [-0.15, -0.1) is 0 Å². The minimum Gasteiger partial charge on any atom is -0.481 e. The molecule has 2 rings (SSSR count). The summed E-state index contributed by atoms with van der Waals surface area (Å²) in [6.45, 7) is 0.854. The first-order valence-electron chi connectivity index (χ1n) is 7.46. The number of hydrogen-bond donors (Lipinski definition) is 2. The molecule has 2 aliphatic carbocycles. The SMILES string of the molecule is O=C(O)CCCNC(=O)OC[C@@H]1[C@@H]2CC/C=C\CC[C@@H]21. The van der Waals surface area contributed by atoms with Crippen LogP contribution in [-0.4, -0.2) is 30.3 Å². The van der Waals surface area contributed by atoms with Crippen molar-refractivity contribution in [2.45, 2.75) is 38.5 Å². The molecule has 112 valence electrons. The average Bonchev–Trinajstić information content (AvgIpc) is 3.02. The average molecular weight is 281 g/mol. The highest BCUT2D eigenvalue weighted by atomic mass is 16.5. The third-order valence-electron chi connectivity index (χ3n) is 4.25. The lowest BCUT2D eigenvalue weighted by Gasteiger charge is -2.06. The lowest BCUT2D eigenvalue weighted by atomic mass is 10.1. The number of alkyl carbamates (subject to hydrolysis) is 1. The standard InChI is InChI=1S/C15H23NO4/c17-14(18)8-5-9-16-15(19)20-10-13-11-6-3-1-2-4-7-12(11)13/h1-2,11-13H,3-10H2,(H,16,19)(H,17,18)/b2-1-/t11-,12+,13-. The molecule has 0 unspecified atom stereocenters. The van der Waals surface area contributed by atoms with Crippen LogP contribution in [0.4, 0.5) is 4.79 Å². The van der Waals surface area contributed by atoms with Crippen molar-refractivity contribution in [3.63, 3.8) is 0 Å². The molecule has 2 N–H and O–H groups in total. The van der Waals surface area contributed by atoms with E-state index in [0.29, 0.717) is 25.5 Å². The summed E-state index contributed by atoms with van der Waals surface area (Å²) < 4.78 is 5.23. The zero-order valence-corrected chi connectivity index (χ0v) is 11.7. The summed E-state index contributed by atoms with van der Waals surface area (Å²) in [5.41, 5.74) is 0. The highest BCUT2D eigenvalue weighted by Crippen LogP contribution is 2.52. The van der Waals surface area contributed by atoms with Gasteiger partial charge >= 0.3 is 12.1 Å². The number of fused-ring (bicyclic) bond motifs is 1. The summed E-state index contributed by atoms with van der Waals surface area (Å²) >= 11 is 0. The quantitative estimate of drug-likeness (QED) is 0.579. The van der Waals surface area contributed by atoms with Gasteiger partial charge in [-0.3, -0.25) is 4.79 Å². The van der Waals surface area contributed by atoms with Gasteiger partial charge in [0.25, 0.3) is 0 Å². The number of ether oxygens (including phenoxy) is 1. The predicted molar refractivity (Wildman–Crippen MR) is 74.3 cm³/mol. The van der Waals surface area contributed by atoms with Crippen LogP contribution in [0, 0.1) is 17.8 Å². The Morgan fingerprint density at radius 1 is 1.20 bits per heavy atom. The van der Waals surface area contributed by atoms with Gasteiger partial charge in [0.15, 0.2) is 0 Å². The van der Waals surface area contributed by atoms with E-state index in [4.69, 9.17) is 9.84 Å². The number of carboxylic acids is 1. The summed E-state index contributed by atoms with van der Waals surface area (Å²) in [6, 6.07) is 0. The molecule has 1 fully saturated rings. The largest absolute Gasteiger partial charge is 0.481 e. The molecule has 1 amide bonds. The molecule has 0 aromatic carbocycles. The molecule has 0 aromatic rings. The minimum atomic E-state index is -0.844. The molecule has 20 heavy (non-hydrogen) atoms.